The zero-order valence-electron chi connectivity index (χ0n) is 10.1. The van der Waals surface area contributed by atoms with Crippen LogP contribution < -0.4 is 5.32 Å². The molecule has 4 heteroatoms. The van der Waals surface area contributed by atoms with Gasteiger partial charge < -0.3 is 5.32 Å². The molecule has 0 aliphatic carbocycles. The average molecular weight is 252 g/mol. The Balaban J connectivity index is 1.94. The summed E-state index contributed by atoms with van der Waals surface area (Å²) < 4.78 is 12.7. The third-order valence-corrected chi connectivity index (χ3v) is 4.22. The maximum atomic E-state index is 12.7. The second kappa shape index (κ2) is 5.54. The van der Waals surface area contributed by atoms with Crippen LogP contribution in [0, 0.1) is 11.7 Å². The van der Waals surface area contributed by atoms with Crippen LogP contribution in [-0.2, 0) is 6.54 Å². The van der Waals surface area contributed by atoms with Crippen molar-refractivity contribution in [3.05, 3.63) is 35.6 Å². The lowest BCUT2D eigenvalue weighted by molar-refractivity contribution is 0.490. The molecule has 0 aromatic heterocycles. The Bertz CT molecular complexity index is 402. The van der Waals surface area contributed by atoms with Crippen molar-refractivity contribution in [3.63, 3.8) is 0 Å². The molecule has 92 valence electrons. The summed E-state index contributed by atoms with van der Waals surface area (Å²) in [6.07, 6.45) is 0. The molecule has 0 saturated carbocycles. The Morgan fingerprint density at radius 2 is 2.06 bits per heavy atom. The highest BCUT2D eigenvalue weighted by molar-refractivity contribution is 8.13. The van der Waals surface area contributed by atoms with Gasteiger partial charge in [0.1, 0.15) is 5.82 Å². The molecule has 1 saturated heterocycles. The van der Waals surface area contributed by atoms with E-state index in [0.29, 0.717) is 18.5 Å². The lowest BCUT2D eigenvalue weighted by atomic mass is 10.1. The van der Waals surface area contributed by atoms with E-state index in [4.69, 9.17) is 0 Å². The van der Waals surface area contributed by atoms with Crippen LogP contribution >= 0.6 is 11.8 Å². The van der Waals surface area contributed by atoms with E-state index >= 15 is 0 Å². The molecule has 1 heterocycles. The van der Waals surface area contributed by atoms with Gasteiger partial charge in [-0.15, -0.1) is 0 Å². The Morgan fingerprint density at radius 1 is 1.35 bits per heavy atom. The van der Waals surface area contributed by atoms with Crippen molar-refractivity contribution in [2.24, 2.45) is 10.9 Å². The highest BCUT2D eigenvalue weighted by Gasteiger charge is 2.20. The van der Waals surface area contributed by atoms with Gasteiger partial charge in [0.2, 0.25) is 0 Å². The molecule has 0 amide bonds. The van der Waals surface area contributed by atoms with Crippen molar-refractivity contribution >= 4 is 16.9 Å². The molecular weight excluding hydrogens is 235 g/mol. The van der Waals surface area contributed by atoms with E-state index < -0.39 is 0 Å². The molecule has 2 atom stereocenters. The minimum atomic E-state index is -0.200. The van der Waals surface area contributed by atoms with Gasteiger partial charge in [-0.05, 0) is 30.5 Å². The Morgan fingerprint density at radius 3 is 2.71 bits per heavy atom. The summed E-state index contributed by atoms with van der Waals surface area (Å²) in [6.45, 7) is 5.02. The highest BCUT2D eigenvalue weighted by Crippen LogP contribution is 2.19. The van der Waals surface area contributed by atoms with Crippen molar-refractivity contribution in [2.75, 3.05) is 5.75 Å². The first-order valence-electron chi connectivity index (χ1n) is 5.83. The summed E-state index contributed by atoms with van der Waals surface area (Å²) in [6, 6.07) is 6.98. The van der Waals surface area contributed by atoms with Crippen molar-refractivity contribution in [2.45, 2.75) is 26.4 Å². The average Bonchev–Trinajstić information content (AvgIpc) is 2.33. The first-order chi connectivity index (χ1) is 8.15. The zero-order valence-corrected chi connectivity index (χ0v) is 10.9. The van der Waals surface area contributed by atoms with Gasteiger partial charge in [0.15, 0.2) is 5.17 Å². The smallest absolute Gasteiger partial charge is 0.157 e. The molecule has 1 aromatic rings. The van der Waals surface area contributed by atoms with E-state index in [2.05, 4.69) is 24.2 Å². The Hall–Kier alpha value is -1.03. The monoisotopic (exact) mass is 252 g/mol. The predicted octanol–water partition coefficient (Wildman–Crippen LogP) is 3.04. The highest BCUT2D eigenvalue weighted by atomic mass is 32.2. The second-order valence-electron chi connectivity index (χ2n) is 4.47. The third-order valence-electron chi connectivity index (χ3n) is 3.01. The van der Waals surface area contributed by atoms with Gasteiger partial charge in [0.25, 0.3) is 0 Å². The van der Waals surface area contributed by atoms with Gasteiger partial charge in [0.05, 0.1) is 6.54 Å². The lowest BCUT2D eigenvalue weighted by Gasteiger charge is -2.28. The summed E-state index contributed by atoms with van der Waals surface area (Å²) in [7, 11) is 0. The molecule has 1 aliphatic rings. The van der Waals surface area contributed by atoms with Crippen LogP contribution in [0.25, 0.3) is 0 Å². The van der Waals surface area contributed by atoms with E-state index in [1.165, 1.54) is 12.1 Å². The minimum Gasteiger partial charge on any atom is -0.362 e. The van der Waals surface area contributed by atoms with Gasteiger partial charge in [0, 0.05) is 11.8 Å². The van der Waals surface area contributed by atoms with Crippen LogP contribution in [0.4, 0.5) is 4.39 Å². The van der Waals surface area contributed by atoms with Crippen molar-refractivity contribution in [1.29, 1.82) is 0 Å². The van der Waals surface area contributed by atoms with Gasteiger partial charge in [-0.1, -0.05) is 30.8 Å². The number of nitrogens with one attached hydrogen (secondary N) is 1. The number of thioether (sulfide) groups is 1. The van der Waals surface area contributed by atoms with E-state index in [9.17, 15) is 4.39 Å². The number of hydrogen-bond acceptors (Lipinski definition) is 2. The molecule has 1 fully saturated rings. The van der Waals surface area contributed by atoms with Crippen LogP contribution in [0.5, 0.6) is 0 Å². The molecule has 0 bridgehead atoms. The fourth-order valence-electron chi connectivity index (χ4n) is 1.58. The second-order valence-corrected chi connectivity index (χ2v) is 5.48. The molecule has 17 heavy (non-hydrogen) atoms. The van der Waals surface area contributed by atoms with Crippen LogP contribution in [-0.4, -0.2) is 17.0 Å². The van der Waals surface area contributed by atoms with E-state index in [1.54, 1.807) is 23.9 Å². The first kappa shape index (κ1) is 12.4. The standard InChI is InChI=1S/C13H17FN2S/c1-9-8-17-13(16-10(9)2)15-7-11-3-5-12(14)6-4-11/h3-6,9-10H,7-8H2,1-2H3,(H,15,16). The molecular formula is C13H17FN2S. The van der Waals surface area contributed by atoms with Gasteiger partial charge in [-0.2, -0.15) is 0 Å². The Labute approximate surface area is 106 Å². The molecule has 2 unspecified atom stereocenters. The molecule has 2 rings (SSSR count). The predicted molar refractivity (Wildman–Crippen MR) is 71.8 cm³/mol. The topological polar surface area (TPSA) is 24.4 Å². The number of amidine groups is 1. The number of aliphatic imine (C=N–C) groups is 1. The fraction of sp³-hybridized carbons (Fsp3) is 0.462. The molecule has 1 aromatic carbocycles. The molecule has 1 N–H and O–H groups in total. The maximum Gasteiger partial charge on any atom is 0.157 e. The maximum absolute atomic E-state index is 12.7. The summed E-state index contributed by atoms with van der Waals surface area (Å²) in [5.74, 6) is 1.58. The van der Waals surface area contributed by atoms with Crippen LogP contribution in [0.3, 0.4) is 0 Å². The number of rotatable bonds is 2. The number of hydrogen-bond donors (Lipinski definition) is 1. The molecule has 0 radical (unpaired) electrons. The summed E-state index contributed by atoms with van der Waals surface area (Å²) in [5.41, 5.74) is 1.03. The third kappa shape index (κ3) is 3.46. The van der Waals surface area contributed by atoms with Gasteiger partial charge >= 0.3 is 0 Å². The van der Waals surface area contributed by atoms with Crippen LogP contribution in [0.15, 0.2) is 29.3 Å². The van der Waals surface area contributed by atoms with Gasteiger partial charge in [-0.25, -0.2) is 4.39 Å². The van der Waals surface area contributed by atoms with Crippen LogP contribution in [0.1, 0.15) is 19.4 Å². The van der Waals surface area contributed by atoms with E-state index in [0.717, 1.165) is 16.5 Å². The van der Waals surface area contributed by atoms with Crippen LogP contribution in [0.2, 0.25) is 0 Å². The summed E-state index contributed by atoms with van der Waals surface area (Å²) in [5, 5.41) is 4.39. The number of nitrogens with zero attached hydrogens (tertiary/aromatic N) is 1. The van der Waals surface area contributed by atoms with Gasteiger partial charge in [-0.3, -0.25) is 4.99 Å². The van der Waals surface area contributed by atoms with E-state index in [1.807, 2.05) is 0 Å². The largest absolute Gasteiger partial charge is 0.362 e. The van der Waals surface area contributed by atoms with Crippen molar-refractivity contribution in [3.8, 4) is 0 Å². The normalized spacial score (nSPS) is 26.9. The quantitative estimate of drug-likeness (QED) is 0.875. The zero-order chi connectivity index (χ0) is 12.3. The fourth-order valence-corrected chi connectivity index (χ4v) is 2.71. The lowest BCUT2D eigenvalue weighted by Crippen LogP contribution is -2.41. The number of benzene rings is 1. The molecule has 2 nitrogen and oxygen atoms in total. The van der Waals surface area contributed by atoms with Crippen molar-refractivity contribution < 1.29 is 4.39 Å². The Kier molecular flexibility index (Phi) is 4.05. The summed E-state index contributed by atoms with van der Waals surface area (Å²) in [4.78, 5) is 4.51. The molecule has 0 spiro atoms. The minimum absolute atomic E-state index is 0.200. The summed E-state index contributed by atoms with van der Waals surface area (Å²) >= 11 is 1.76. The molecule has 1 aliphatic heterocycles. The first-order valence-corrected chi connectivity index (χ1v) is 6.82. The van der Waals surface area contributed by atoms with E-state index in [-0.39, 0.29) is 5.82 Å². The van der Waals surface area contributed by atoms with Crippen molar-refractivity contribution in [1.82, 2.24) is 5.32 Å². The SMILES string of the molecule is CC1CSC(=NCc2ccc(F)cc2)NC1C. The number of halogens is 1.